The Hall–Kier alpha value is -3.86. The van der Waals surface area contributed by atoms with Crippen LogP contribution in [0, 0.1) is 13.8 Å². The Balaban J connectivity index is 1.96. The molecule has 1 heterocycles. The van der Waals surface area contributed by atoms with Crippen molar-refractivity contribution in [2.24, 2.45) is 0 Å². The minimum Gasteiger partial charge on any atom is -0.507 e. The maximum Gasteiger partial charge on any atom is 0.300 e. The van der Waals surface area contributed by atoms with Gasteiger partial charge in [-0.15, -0.1) is 0 Å². The molecule has 1 amide bonds. The number of carbonyl (C=O) groups is 2. The Morgan fingerprint density at radius 1 is 0.935 bits per heavy atom. The van der Waals surface area contributed by atoms with E-state index in [2.05, 4.69) is 0 Å². The molecule has 1 aliphatic rings. The van der Waals surface area contributed by atoms with E-state index in [9.17, 15) is 14.7 Å². The molecule has 0 radical (unpaired) electrons. The van der Waals surface area contributed by atoms with Crippen molar-refractivity contribution < 1.29 is 19.4 Å². The molecule has 5 heteroatoms. The molecule has 5 nitrogen and oxygen atoms in total. The van der Waals surface area contributed by atoms with E-state index in [1.807, 2.05) is 62.4 Å². The van der Waals surface area contributed by atoms with Crippen molar-refractivity contribution >= 4 is 23.1 Å². The number of rotatable bonds is 4. The quantitative estimate of drug-likeness (QED) is 0.374. The molecule has 0 aromatic heterocycles. The monoisotopic (exact) mass is 413 g/mol. The van der Waals surface area contributed by atoms with Gasteiger partial charge in [0.1, 0.15) is 11.5 Å². The van der Waals surface area contributed by atoms with Crippen LogP contribution in [0.2, 0.25) is 0 Å². The Morgan fingerprint density at radius 3 is 2.35 bits per heavy atom. The maximum absolute atomic E-state index is 13.2. The fourth-order valence-corrected chi connectivity index (χ4v) is 4.03. The average Bonchev–Trinajstić information content (AvgIpc) is 3.04. The van der Waals surface area contributed by atoms with Crippen LogP contribution in [0.3, 0.4) is 0 Å². The minimum atomic E-state index is -0.742. The normalized spacial score (nSPS) is 17.8. The number of hydrogen-bond donors (Lipinski definition) is 1. The number of benzene rings is 3. The van der Waals surface area contributed by atoms with Gasteiger partial charge in [0.15, 0.2) is 0 Å². The van der Waals surface area contributed by atoms with Crippen molar-refractivity contribution in [2.75, 3.05) is 12.0 Å². The molecule has 0 aliphatic carbocycles. The van der Waals surface area contributed by atoms with Gasteiger partial charge in [-0.25, -0.2) is 0 Å². The predicted octanol–water partition coefficient (Wildman–Crippen LogP) is 4.94. The highest BCUT2D eigenvalue weighted by Crippen LogP contribution is 2.43. The largest absolute Gasteiger partial charge is 0.507 e. The first kappa shape index (κ1) is 20.4. The molecule has 1 unspecified atom stereocenters. The summed E-state index contributed by atoms with van der Waals surface area (Å²) in [6.07, 6.45) is 0. The number of nitrogens with zero attached hydrogens (tertiary/aromatic N) is 1. The van der Waals surface area contributed by atoms with E-state index in [0.717, 1.165) is 16.7 Å². The molecule has 0 saturated carbocycles. The highest BCUT2D eigenvalue weighted by atomic mass is 16.5. The lowest BCUT2D eigenvalue weighted by molar-refractivity contribution is -0.132. The number of hydrogen-bond acceptors (Lipinski definition) is 4. The fraction of sp³-hybridized carbons (Fsp3) is 0.154. The van der Waals surface area contributed by atoms with Crippen LogP contribution in [0.1, 0.15) is 28.3 Å². The number of ether oxygens (including phenoxy) is 1. The molecule has 0 bridgehead atoms. The van der Waals surface area contributed by atoms with Crippen molar-refractivity contribution in [1.29, 1.82) is 0 Å². The smallest absolute Gasteiger partial charge is 0.300 e. The molecule has 1 N–H and O–H groups in total. The van der Waals surface area contributed by atoms with Crippen LogP contribution in [0.4, 0.5) is 5.69 Å². The number of aryl methyl sites for hydroxylation is 2. The Morgan fingerprint density at radius 2 is 1.68 bits per heavy atom. The molecule has 156 valence electrons. The third-order valence-corrected chi connectivity index (χ3v) is 5.51. The van der Waals surface area contributed by atoms with Crippen LogP contribution >= 0.6 is 0 Å². The molecule has 31 heavy (non-hydrogen) atoms. The summed E-state index contributed by atoms with van der Waals surface area (Å²) < 4.78 is 5.25. The van der Waals surface area contributed by atoms with Crippen LogP contribution in [-0.2, 0) is 9.59 Å². The van der Waals surface area contributed by atoms with E-state index < -0.39 is 17.7 Å². The number of ketones is 1. The van der Waals surface area contributed by atoms with Crippen LogP contribution in [-0.4, -0.2) is 23.9 Å². The second-order valence-corrected chi connectivity index (χ2v) is 7.60. The van der Waals surface area contributed by atoms with Gasteiger partial charge < -0.3 is 9.84 Å². The first-order valence-electron chi connectivity index (χ1n) is 10.00. The number of anilines is 1. The Bertz CT molecular complexity index is 1200. The third-order valence-electron chi connectivity index (χ3n) is 5.51. The topological polar surface area (TPSA) is 66.8 Å². The maximum atomic E-state index is 13.2. The van der Waals surface area contributed by atoms with Crippen LogP contribution in [0.25, 0.3) is 5.76 Å². The Kier molecular flexibility index (Phi) is 5.34. The van der Waals surface area contributed by atoms with Crippen molar-refractivity contribution in [3.63, 3.8) is 0 Å². The first-order valence-corrected chi connectivity index (χ1v) is 10.00. The summed E-state index contributed by atoms with van der Waals surface area (Å²) in [7, 11) is 1.53. The van der Waals surface area contributed by atoms with Gasteiger partial charge in [-0.3, -0.25) is 14.5 Å². The standard InChI is InChI=1S/C26H23NO4/c1-16-12-13-21(17(2)14-16)27-23(18-8-5-4-6-9-18)22(25(29)26(27)30)24(28)19-10-7-11-20(15-19)31-3/h4-15,23,28H,1-3H3/b24-22+. The summed E-state index contributed by atoms with van der Waals surface area (Å²) in [4.78, 5) is 27.9. The average molecular weight is 413 g/mol. The highest BCUT2D eigenvalue weighted by molar-refractivity contribution is 6.51. The predicted molar refractivity (Wildman–Crippen MR) is 120 cm³/mol. The molecule has 4 rings (SSSR count). The lowest BCUT2D eigenvalue weighted by Crippen LogP contribution is -2.30. The zero-order chi connectivity index (χ0) is 22.1. The molecule has 3 aromatic carbocycles. The molecule has 3 aromatic rings. The van der Waals surface area contributed by atoms with Crippen LogP contribution < -0.4 is 9.64 Å². The second-order valence-electron chi connectivity index (χ2n) is 7.60. The number of aliphatic hydroxyl groups is 1. The van der Waals surface area contributed by atoms with Gasteiger partial charge in [-0.05, 0) is 43.2 Å². The molecule has 0 spiro atoms. The summed E-state index contributed by atoms with van der Waals surface area (Å²) >= 11 is 0. The Labute approximate surface area is 181 Å². The number of Topliss-reactive ketones (excluding diaryl/α,β-unsaturated/α-hetero) is 1. The van der Waals surface area contributed by atoms with Gasteiger partial charge in [0.25, 0.3) is 11.7 Å². The van der Waals surface area contributed by atoms with Crippen LogP contribution in [0.15, 0.2) is 78.4 Å². The molecule has 1 atom stereocenters. The van der Waals surface area contributed by atoms with E-state index in [4.69, 9.17) is 4.74 Å². The molecular weight excluding hydrogens is 390 g/mol. The first-order chi connectivity index (χ1) is 14.9. The van der Waals surface area contributed by atoms with Crippen molar-refractivity contribution in [3.8, 4) is 5.75 Å². The van der Waals surface area contributed by atoms with E-state index in [0.29, 0.717) is 17.0 Å². The fourth-order valence-electron chi connectivity index (χ4n) is 4.03. The zero-order valence-electron chi connectivity index (χ0n) is 17.6. The van der Waals surface area contributed by atoms with Gasteiger partial charge in [-0.2, -0.15) is 0 Å². The van der Waals surface area contributed by atoms with Gasteiger partial charge >= 0.3 is 0 Å². The molecule has 1 saturated heterocycles. The number of amides is 1. The molecule has 1 aliphatic heterocycles. The lowest BCUT2D eigenvalue weighted by atomic mass is 9.95. The summed E-state index contributed by atoms with van der Waals surface area (Å²) in [5.74, 6) is -1.05. The summed E-state index contributed by atoms with van der Waals surface area (Å²) in [6, 6.07) is 21.1. The van der Waals surface area contributed by atoms with E-state index in [1.54, 1.807) is 24.3 Å². The zero-order valence-corrected chi connectivity index (χ0v) is 17.6. The van der Waals surface area contributed by atoms with Crippen molar-refractivity contribution in [1.82, 2.24) is 0 Å². The number of aliphatic hydroxyl groups excluding tert-OH is 1. The third kappa shape index (κ3) is 3.59. The summed E-state index contributed by atoms with van der Waals surface area (Å²) in [6.45, 7) is 3.88. The molecule has 1 fully saturated rings. The summed E-state index contributed by atoms with van der Waals surface area (Å²) in [5.41, 5.74) is 3.80. The number of methoxy groups -OCH3 is 1. The summed E-state index contributed by atoms with van der Waals surface area (Å²) in [5, 5.41) is 11.2. The van der Waals surface area contributed by atoms with Crippen molar-refractivity contribution in [3.05, 3.63) is 101 Å². The lowest BCUT2D eigenvalue weighted by Gasteiger charge is -2.27. The highest BCUT2D eigenvalue weighted by Gasteiger charge is 2.47. The second kappa shape index (κ2) is 8.11. The van der Waals surface area contributed by atoms with Crippen molar-refractivity contribution in [2.45, 2.75) is 19.9 Å². The number of carbonyl (C=O) groups excluding carboxylic acids is 2. The van der Waals surface area contributed by atoms with E-state index in [1.165, 1.54) is 12.0 Å². The van der Waals surface area contributed by atoms with Gasteiger partial charge in [-0.1, -0.05) is 60.2 Å². The molecular formula is C26H23NO4. The van der Waals surface area contributed by atoms with Gasteiger partial charge in [0.05, 0.1) is 18.7 Å². The van der Waals surface area contributed by atoms with Gasteiger partial charge in [0.2, 0.25) is 0 Å². The van der Waals surface area contributed by atoms with E-state index >= 15 is 0 Å². The van der Waals surface area contributed by atoms with Gasteiger partial charge in [0, 0.05) is 11.3 Å². The van der Waals surface area contributed by atoms with Crippen LogP contribution in [0.5, 0.6) is 5.75 Å². The van der Waals surface area contributed by atoms with E-state index in [-0.39, 0.29) is 11.3 Å². The SMILES string of the molecule is COc1cccc(/C(O)=C2\C(=O)C(=O)N(c3ccc(C)cc3C)C2c2ccccc2)c1. The minimum absolute atomic E-state index is 0.0597.